The molecule has 0 aliphatic heterocycles. The van der Waals surface area contributed by atoms with Crippen molar-refractivity contribution in [1.82, 2.24) is 14.7 Å². The van der Waals surface area contributed by atoms with E-state index < -0.39 is 17.6 Å². The highest BCUT2D eigenvalue weighted by atomic mass is 16.3. The molecular weight excluding hydrogens is 318 g/mol. The van der Waals surface area contributed by atoms with Crippen molar-refractivity contribution in [1.29, 1.82) is 0 Å². The van der Waals surface area contributed by atoms with E-state index in [1.54, 1.807) is 18.3 Å². The molecule has 1 unspecified atom stereocenters. The lowest BCUT2D eigenvalue weighted by Gasteiger charge is -2.13. The van der Waals surface area contributed by atoms with E-state index in [1.165, 1.54) is 10.6 Å². The minimum atomic E-state index is -0.845. The van der Waals surface area contributed by atoms with Gasteiger partial charge in [-0.05, 0) is 31.0 Å². The third-order valence-electron chi connectivity index (χ3n) is 4.05. The smallest absolute Gasteiger partial charge is 0.270 e. The first kappa shape index (κ1) is 16.9. The monoisotopic (exact) mass is 337 g/mol. The van der Waals surface area contributed by atoms with Gasteiger partial charge in [-0.3, -0.25) is 14.0 Å². The lowest BCUT2D eigenvalue weighted by molar-refractivity contribution is 0.0914. The summed E-state index contributed by atoms with van der Waals surface area (Å²) >= 11 is 0. The van der Waals surface area contributed by atoms with Crippen molar-refractivity contribution in [3.05, 3.63) is 81.4 Å². The van der Waals surface area contributed by atoms with Crippen LogP contribution in [-0.4, -0.2) is 26.9 Å². The van der Waals surface area contributed by atoms with Crippen LogP contribution in [0.2, 0.25) is 0 Å². The molecule has 25 heavy (non-hydrogen) atoms. The molecule has 3 rings (SSSR count). The Morgan fingerprint density at radius 3 is 2.84 bits per heavy atom. The highest BCUT2D eigenvalue weighted by Gasteiger charge is 2.16. The van der Waals surface area contributed by atoms with E-state index in [1.807, 2.05) is 38.1 Å². The molecule has 0 radical (unpaired) electrons. The van der Waals surface area contributed by atoms with E-state index in [2.05, 4.69) is 10.3 Å². The first-order chi connectivity index (χ1) is 12.0. The highest BCUT2D eigenvalue weighted by molar-refractivity contribution is 5.93. The van der Waals surface area contributed by atoms with Crippen molar-refractivity contribution in [3.63, 3.8) is 0 Å². The zero-order valence-electron chi connectivity index (χ0n) is 14.1. The number of amides is 1. The summed E-state index contributed by atoms with van der Waals surface area (Å²) in [5.74, 6) is -0.555. The zero-order chi connectivity index (χ0) is 18.0. The Bertz CT molecular complexity index is 995. The van der Waals surface area contributed by atoms with E-state index in [-0.39, 0.29) is 12.1 Å². The molecule has 0 saturated heterocycles. The van der Waals surface area contributed by atoms with Gasteiger partial charge in [0.1, 0.15) is 11.2 Å². The molecule has 0 fully saturated rings. The Labute approximate surface area is 144 Å². The normalized spacial score (nSPS) is 12.1. The quantitative estimate of drug-likeness (QED) is 0.760. The predicted octanol–water partition coefficient (Wildman–Crippen LogP) is 1.77. The third-order valence-corrected chi connectivity index (χ3v) is 4.05. The number of nitrogens with zero attached hydrogens (tertiary/aromatic N) is 2. The second-order valence-electron chi connectivity index (χ2n) is 6.00. The van der Waals surface area contributed by atoms with Crippen molar-refractivity contribution >= 4 is 11.6 Å². The fourth-order valence-electron chi connectivity index (χ4n) is 2.68. The number of benzene rings is 1. The lowest BCUT2D eigenvalue weighted by Crippen LogP contribution is -2.34. The van der Waals surface area contributed by atoms with Gasteiger partial charge >= 0.3 is 0 Å². The number of fused-ring (bicyclic) bond motifs is 1. The minimum absolute atomic E-state index is 0.0122. The average molecular weight is 337 g/mol. The summed E-state index contributed by atoms with van der Waals surface area (Å²) in [6.45, 7) is 3.79. The number of aromatic nitrogens is 2. The first-order valence-corrected chi connectivity index (χ1v) is 7.97. The Kier molecular flexibility index (Phi) is 4.63. The molecule has 1 aromatic carbocycles. The number of rotatable bonds is 4. The van der Waals surface area contributed by atoms with Crippen LogP contribution in [0.3, 0.4) is 0 Å². The van der Waals surface area contributed by atoms with Crippen LogP contribution in [0.1, 0.15) is 33.2 Å². The Morgan fingerprint density at radius 1 is 1.28 bits per heavy atom. The Balaban J connectivity index is 1.79. The largest absolute Gasteiger partial charge is 0.387 e. The maximum Gasteiger partial charge on any atom is 0.270 e. The average Bonchev–Trinajstić information content (AvgIpc) is 2.60. The molecule has 0 saturated carbocycles. The SMILES string of the molecule is Cc1cccc(C(O)CNC(=O)c2cnc3c(C)cccn3c2=O)c1. The van der Waals surface area contributed by atoms with Crippen molar-refractivity contribution in [2.24, 2.45) is 0 Å². The molecule has 0 aliphatic carbocycles. The second-order valence-corrected chi connectivity index (χ2v) is 6.00. The molecule has 0 aliphatic rings. The van der Waals surface area contributed by atoms with Gasteiger partial charge in [0.05, 0.1) is 6.10 Å². The highest BCUT2D eigenvalue weighted by Crippen LogP contribution is 2.13. The number of pyridine rings is 1. The summed E-state index contributed by atoms with van der Waals surface area (Å²) in [6.07, 6.45) is 2.01. The standard InChI is InChI=1S/C19H19N3O3/c1-12-5-3-7-14(9-12)16(23)11-21-18(24)15-10-20-17-13(2)6-4-8-22(17)19(15)25/h3-10,16,23H,11H2,1-2H3,(H,21,24). The number of hydrogen-bond donors (Lipinski definition) is 2. The van der Waals surface area contributed by atoms with Crippen LogP contribution in [0.25, 0.3) is 5.65 Å². The number of carbonyl (C=O) groups excluding carboxylic acids is 1. The minimum Gasteiger partial charge on any atom is -0.387 e. The van der Waals surface area contributed by atoms with Gasteiger partial charge in [-0.25, -0.2) is 4.98 Å². The van der Waals surface area contributed by atoms with Crippen LogP contribution in [-0.2, 0) is 0 Å². The van der Waals surface area contributed by atoms with Gasteiger partial charge in [-0.15, -0.1) is 0 Å². The van der Waals surface area contributed by atoms with Crippen LogP contribution in [0.15, 0.2) is 53.6 Å². The molecule has 2 heterocycles. The molecule has 6 nitrogen and oxygen atoms in total. The van der Waals surface area contributed by atoms with Crippen LogP contribution in [0, 0.1) is 13.8 Å². The van der Waals surface area contributed by atoms with Crippen LogP contribution < -0.4 is 10.9 Å². The number of hydrogen-bond acceptors (Lipinski definition) is 4. The number of aryl methyl sites for hydroxylation is 2. The summed E-state index contributed by atoms with van der Waals surface area (Å²) in [7, 11) is 0. The fourth-order valence-corrected chi connectivity index (χ4v) is 2.68. The van der Waals surface area contributed by atoms with E-state index >= 15 is 0 Å². The topological polar surface area (TPSA) is 83.7 Å². The summed E-state index contributed by atoms with van der Waals surface area (Å²) < 4.78 is 1.35. The summed E-state index contributed by atoms with van der Waals surface area (Å²) in [5, 5.41) is 12.8. The molecule has 3 aromatic rings. The molecule has 6 heteroatoms. The zero-order valence-corrected chi connectivity index (χ0v) is 14.1. The van der Waals surface area contributed by atoms with Gasteiger partial charge in [0.25, 0.3) is 11.5 Å². The van der Waals surface area contributed by atoms with Crippen molar-refractivity contribution in [2.45, 2.75) is 20.0 Å². The van der Waals surface area contributed by atoms with Crippen LogP contribution in [0.5, 0.6) is 0 Å². The van der Waals surface area contributed by atoms with Gasteiger partial charge in [0.15, 0.2) is 0 Å². The van der Waals surface area contributed by atoms with E-state index in [0.29, 0.717) is 11.2 Å². The maximum absolute atomic E-state index is 12.5. The predicted molar refractivity (Wildman–Crippen MR) is 94.7 cm³/mol. The van der Waals surface area contributed by atoms with Crippen molar-refractivity contribution in [3.8, 4) is 0 Å². The van der Waals surface area contributed by atoms with Crippen molar-refractivity contribution in [2.75, 3.05) is 6.54 Å². The molecule has 1 atom stereocenters. The van der Waals surface area contributed by atoms with Crippen LogP contribution in [0.4, 0.5) is 0 Å². The molecular formula is C19H19N3O3. The molecule has 2 N–H and O–H groups in total. The maximum atomic E-state index is 12.5. The fraction of sp³-hybridized carbons (Fsp3) is 0.211. The van der Waals surface area contributed by atoms with Gasteiger partial charge in [0, 0.05) is 18.9 Å². The molecule has 128 valence electrons. The molecule has 0 spiro atoms. The molecule has 2 aromatic heterocycles. The van der Waals surface area contributed by atoms with Crippen LogP contribution >= 0.6 is 0 Å². The van der Waals surface area contributed by atoms with Gasteiger partial charge < -0.3 is 10.4 Å². The third kappa shape index (κ3) is 3.44. The number of carbonyl (C=O) groups is 1. The number of nitrogens with one attached hydrogen (secondary N) is 1. The van der Waals surface area contributed by atoms with E-state index in [9.17, 15) is 14.7 Å². The van der Waals surface area contributed by atoms with Crippen molar-refractivity contribution < 1.29 is 9.90 Å². The molecule has 1 amide bonds. The van der Waals surface area contributed by atoms with Gasteiger partial charge in [-0.2, -0.15) is 0 Å². The summed E-state index contributed by atoms with van der Waals surface area (Å²) in [6, 6.07) is 11.0. The number of aliphatic hydroxyl groups is 1. The van der Waals surface area contributed by atoms with E-state index in [0.717, 1.165) is 11.1 Å². The second kappa shape index (κ2) is 6.86. The lowest BCUT2D eigenvalue weighted by atomic mass is 10.1. The first-order valence-electron chi connectivity index (χ1n) is 7.97. The Morgan fingerprint density at radius 2 is 2.08 bits per heavy atom. The van der Waals surface area contributed by atoms with Gasteiger partial charge in [0.2, 0.25) is 0 Å². The van der Waals surface area contributed by atoms with E-state index in [4.69, 9.17) is 0 Å². The van der Waals surface area contributed by atoms with Gasteiger partial charge in [-0.1, -0.05) is 35.9 Å². The number of aliphatic hydroxyl groups excluding tert-OH is 1. The molecule has 0 bridgehead atoms. The summed E-state index contributed by atoms with van der Waals surface area (Å²) in [4.78, 5) is 29.0. The summed E-state index contributed by atoms with van der Waals surface area (Å²) in [5.41, 5.74) is 2.61. The Hall–Kier alpha value is -2.99.